The molecule has 3 N–H and O–H groups in total. The first-order valence-corrected chi connectivity index (χ1v) is 11.8. The van der Waals surface area contributed by atoms with Crippen LogP contribution in [-0.2, 0) is 20.8 Å². The third-order valence-electron chi connectivity index (χ3n) is 7.64. The van der Waals surface area contributed by atoms with Crippen molar-refractivity contribution < 1.29 is 19.5 Å². The van der Waals surface area contributed by atoms with Crippen molar-refractivity contribution in [1.82, 2.24) is 20.1 Å². The highest BCUT2D eigenvalue weighted by Crippen LogP contribution is 2.56. The Morgan fingerprint density at radius 1 is 1.24 bits per heavy atom. The fourth-order valence-electron chi connectivity index (χ4n) is 6.05. The summed E-state index contributed by atoms with van der Waals surface area (Å²) in [5, 5.41) is 15.3. The number of nitrogens with zero attached hydrogens (tertiary/aromatic N) is 2. The fourth-order valence-corrected chi connectivity index (χ4v) is 6.05. The van der Waals surface area contributed by atoms with E-state index in [9.17, 15) is 14.4 Å². The van der Waals surface area contributed by atoms with Gasteiger partial charge in [-0.05, 0) is 56.9 Å². The molecule has 0 saturated carbocycles. The van der Waals surface area contributed by atoms with Gasteiger partial charge in [-0.25, -0.2) is 0 Å². The minimum absolute atomic E-state index is 0.120. The quantitative estimate of drug-likeness (QED) is 0.627. The van der Waals surface area contributed by atoms with Gasteiger partial charge in [0.15, 0.2) is 0 Å². The molecule has 0 unspecified atom stereocenters. The summed E-state index contributed by atoms with van der Waals surface area (Å²) >= 11 is 0. The summed E-state index contributed by atoms with van der Waals surface area (Å²) in [6.07, 6.45) is 6.16. The Kier molecular flexibility index (Phi) is 5.28. The van der Waals surface area contributed by atoms with E-state index < -0.39 is 17.9 Å². The average molecular weight is 451 g/mol. The third kappa shape index (κ3) is 3.35. The predicted octanol–water partition coefficient (Wildman–Crippen LogP) is 2.29. The molecule has 3 aliphatic heterocycles. The number of piperidine rings is 1. The molecule has 0 aliphatic carbocycles. The maximum Gasteiger partial charge on any atom is 0.325 e. The molecule has 33 heavy (non-hydrogen) atoms. The van der Waals surface area contributed by atoms with Crippen LogP contribution in [0.1, 0.15) is 50.4 Å². The zero-order valence-corrected chi connectivity index (χ0v) is 19.1. The Bertz CT molecular complexity index is 1180. The van der Waals surface area contributed by atoms with E-state index in [2.05, 4.69) is 45.2 Å². The SMILES string of the molecule is CC[C@@]12C=C(C(=O)NCC(=O)N[C@@H](C)C(=O)O)n3c4c(c5ccccc53)CCN(CCC1)[C@H]42. The summed E-state index contributed by atoms with van der Waals surface area (Å²) in [6, 6.07) is 7.47. The Balaban J connectivity index is 1.54. The summed E-state index contributed by atoms with van der Waals surface area (Å²) in [5.41, 5.74) is 4.02. The molecule has 1 aromatic carbocycles. The lowest BCUT2D eigenvalue weighted by Gasteiger charge is -2.53. The van der Waals surface area contributed by atoms with Crippen LogP contribution in [0.3, 0.4) is 0 Å². The lowest BCUT2D eigenvalue weighted by molar-refractivity contribution is -0.141. The van der Waals surface area contributed by atoms with Gasteiger partial charge in [0.1, 0.15) is 11.7 Å². The highest BCUT2D eigenvalue weighted by atomic mass is 16.4. The lowest BCUT2D eigenvalue weighted by atomic mass is 9.66. The third-order valence-corrected chi connectivity index (χ3v) is 7.64. The van der Waals surface area contributed by atoms with Crippen LogP contribution in [0.15, 0.2) is 30.3 Å². The molecule has 1 aromatic heterocycles. The number of amides is 2. The Hall–Kier alpha value is -3.13. The largest absolute Gasteiger partial charge is 0.480 e. The standard InChI is InChI=1S/C25H30N4O4/c1-3-25-10-6-11-28-12-9-17-16-7-4-5-8-18(16)29(21(17)22(25)28)19(13-25)23(31)26-14-20(30)27-15(2)24(32)33/h4-5,7-8,13,15,22H,3,6,9-12,14H2,1-2H3,(H,26,31)(H,27,30)(H,32,33)/t15-,22+,25-/m0/s1. The number of aliphatic carboxylic acids is 1. The molecule has 4 heterocycles. The maximum absolute atomic E-state index is 13.5. The highest BCUT2D eigenvalue weighted by Gasteiger charge is 2.50. The number of carbonyl (C=O) groups is 3. The minimum atomic E-state index is -1.12. The Morgan fingerprint density at radius 2 is 2.03 bits per heavy atom. The molecule has 8 nitrogen and oxygen atoms in total. The number of carbonyl (C=O) groups excluding carboxylic acids is 2. The summed E-state index contributed by atoms with van der Waals surface area (Å²) < 4.78 is 2.10. The van der Waals surface area contributed by atoms with Crippen LogP contribution in [0.5, 0.6) is 0 Å². The van der Waals surface area contributed by atoms with E-state index in [0.717, 1.165) is 44.3 Å². The number of carboxylic acid groups (broad SMARTS) is 1. The van der Waals surface area contributed by atoms with Gasteiger partial charge in [-0.15, -0.1) is 0 Å². The van der Waals surface area contributed by atoms with Crippen molar-refractivity contribution in [3.05, 3.63) is 41.6 Å². The maximum atomic E-state index is 13.5. The number of rotatable bonds is 6. The van der Waals surface area contributed by atoms with Crippen molar-refractivity contribution in [2.75, 3.05) is 19.6 Å². The number of para-hydroxylation sites is 1. The van der Waals surface area contributed by atoms with Crippen molar-refractivity contribution in [2.45, 2.75) is 51.6 Å². The molecule has 3 aliphatic rings. The summed E-state index contributed by atoms with van der Waals surface area (Å²) in [5.74, 6) is -1.96. The zero-order chi connectivity index (χ0) is 23.3. The number of benzene rings is 1. The first-order chi connectivity index (χ1) is 15.9. The van der Waals surface area contributed by atoms with Gasteiger partial charge in [0.25, 0.3) is 5.91 Å². The highest BCUT2D eigenvalue weighted by molar-refractivity contribution is 6.17. The van der Waals surface area contributed by atoms with Crippen molar-refractivity contribution >= 4 is 34.4 Å². The van der Waals surface area contributed by atoms with Crippen LogP contribution in [0, 0.1) is 5.41 Å². The molecule has 174 valence electrons. The molecule has 0 radical (unpaired) electrons. The monoisotopic (exact) mass is 450 g/mol. The number of nitrogens with one attached hydrogen (secondary N) is 2. The molecule has 5 rings (SSSR count). The van der Waals surface area contributed by atoms with Crippen molar-refractivity contribution in [3.63, 3.8) is 0 Å². The second-order valence-electron chi connectivity index (χ2n) is 9.43. The summed E-state index contributed by atoms with van der Waals surface area (Å²) in [4.78, 5) is 39.2. The smallest absolute Gasteiger partial charge is 0.325 e. The molecule has 2 aromatic rings. The summed E-state index contributed by atoms with van der Waals surface area (Å²) in [6.45, 7) is 5.42. The summed E-state index contributed by atoms with van der Waals surface area (Å²) in [7, 11) is 0. The van der Waals surface area contributed by atoms with Crippen molar-refractivity contribution in [3.8, 4) is 0 Å². The van der Waals surface area contributed by atoms with Gasteiger partial charge in [0.05, 0.1) is 18.1 Å². The minimum Gasteiger partial charge on any atom is -0.480 e. The molecule has 0 spiro atoms. The van der Waals surface area contributed by atoms with Crippen LogP contribution in [0.4, 0.5) is 0 Å². The van der Waals surface area contributed by atoms with E-state index in [1.54, 1.807) is 0 Å². The Morgan fingerprint density at radius 3 is 2.79 bits per heavy atom. The zero-order valence-electron chi connectivity index (χ0n) is 19.1. The molecule has 2 amide bonds. The topological polar surface area (TPSA) is 104 Å². The van der Waals surface area contributed by atoms with Gasteiger partial charge < -0.3 is 20.3 Å². The van der Waals surface area contributed by atoms with Gasteiger partial charge in [-0.2, -0.15) is 0 Å². The molecule has 0 bridgehead atoms. The van der Waals surface area contributed by atoms with Crippen LogP contribution in [-0.4, -0.2) is 58.0 Å². The second kappa shape index (κ2) is 8.02. The van der Waals surface area contributed by atoms with Gasteiger partial charge in [0.2, 0.25) is 5.91 Å². The molecular formula is C25H30N4O4. The predicted molar refractivity (Wildman–Crippen MR) is 124 cm³/mol. The van der Waals surface area contributed by atoms with E-state index in [0.29, 0.717) is 5.70 Å². The number of aromatic nitrogens is 1. The van der Waals surface area contributed by atoms with Crippen molar-refractivity contribution in [2.24, 2.45) is 5.41 Å². The fraction of sp³-hybridized carbons (Fsp3) is 0.480. The average Bonchev–Trinajstić information content (AvgIpc) is 3.16. The Labute approximate surface area is 192 Å². The number of carboxylic acids is 1. The van der Waals surface area contributed by atoms with Gasteiger partial charge >= 0.3 is 5.97 Å². The molecule has 1 saturated heterocycles. The van der Waals surface area contributed by atoms with Crippen LogP contribution < -0.4 is 10.6 Å². The van der Waals surface area contributed by atoms with Crippen LogP contribution in [0.2, 0.25) is 0 Å². The van der Waals surface area contributed by atoms with Crippen LogP contribution >= 0.6 is 0 Å². The van der Waals surface area contributed by atoms with E-state index in [1.165, 1.54) is 23.6 Å². The first-order valence-electron chi connectivity index (χ1n) is 11.8. The normalized spacial score (nSPS) is 24.5. The van der Waals surface area contributed by atoms with Gasteiger partial charge in [0, 0.05) is 23.0 Å². The van der Waals surface area contributed by atoms with Crippen molar-refractivity contribution in [1.29, 1.82) is 0 Å². The molecular weight excluding hydrogens is 420 g/mol. The number of fused-ring (bicyclic) bond motifs is 3. The first kappa shape index (κ1) is 21.7. The number of hydrogen-bond donors (Lipinski definition) is 3. The molecule has 1 fully saturated rings. The van der Waals surface area contributed by atoms with Gasteiger partial charge in [-0.3, -0.25) is 19.3 Å². The number of hydrogen-bond acceptors (Lipinski definition) is 4. The van der Waals surface area contributed by atoms with Crippen LogP contribution in [0.25, 0.3) is 16.6 Å². The lowest BCUT2D eigenvalue weighted by Crippen LogP contribution is -2.51. The van der Waals surface area contributed by atoms with E-state index in [-0.39, 0.29) is 23.9 Å². The van der Waals surface area contributed by atoms with E-state index >= 15 is 0 Å². The van der Waals surface area contributed by atoms with Gasteiger partial charge in [-0.1, -0.05) is 25.1 Å². The van der Waals surface area contributed by atoms with E-state index in [1.807, 2.05) is 12.1 Å². The second-order valence-corrected chi connectivity index (χ2v) is 9.43. The van der Waals surface area contributed by atoms with E-state index in [4.69, 9.17) is 5.11 Å². The molecule has 8 heteroatoms. The molecule has 3 atom stereocenters.